The molecule has 146 valence electrons. The fourth-order valence-corrected chi connectivity index (χ4v) is 5.21. The summed E-state index contributed by atoms with van der Waals surface area (Å²) in [6.45, 7) is 7.64. The molecule has 27 heavy (non-hydrogen) atoms. The molecule has 4 rings (SSSR count). The van der Waals surface area contributed by atoms with Crippen molar-refractivity contribution in [2.75, 3.05) is 26.3 Å². The Hall–Kier alpha value is -1.34. The molecule has 0 saturated carbocycles. The average Bonchev–Trinajstić information content (AvgIpc) is 3.28. The van der Waals surface area contributed by atoms with E-state index in [9.17, 15) is 0 Å². The van der Waals surface area contributed by atoms with Crippen LogP contribution in [0, 0.1) is 12.8 Å². The van der Waals surface area contributed by atoms with Crippen molar-refractivity contribution < 1.29 is 9.47 Å². The third-order valence-corrected chi connectivity index (χ3v) is 6.91. The number of aromatic nitrogens is 2. The van der Waals surface area contributed by atoms with Gasteiger partial charge in [0.15, 0.2) is 0 Å². The normalized spacial score (nSPS) is 22.5. The molecular weight excluding hydrogens is 358 g/mol. The summed E-state index contributed by atoms with van der Waals surface area (Å²) >= 11 is 1.77. The molecule has 2 saturated heterocycles. The minimum atomic E-state index is 0.0787. The number of hydrogen-bond acceptors (Lipinski definition) is 6. The lowest BCUT2D eigenvalue weighted by Gasteiger charge is -2.42. The Morgan fingerprint density at radius 2 is 2.11 bits per heavy atom. The van der Waals surface area contributed by atoms with Crippen LogP contribution < -0.4 is 0 Å². The highest BCUT2D eigenvalue weighted by atomic mass is 32.1. The molecule has 0 aliphatic carbocycles. The summed E-state index contributed by atoms with van der Waals surface area (Å²) in [5, 5.41) is 3.37. The molecule has 5 nitrogen and oxygen atoms in total. The summed E-state index contributed by atoms with van der Waals surface area (Å²) < 4.78 is 12.2. The van der Waals surface area contributed by atoms with E-state index in [1.807, 2.05) is 24.5 Å². The Morgan fingerprint density at radius 1 is 1.30 bits per heavy atom. The van der Waals surface area contributed by atoms with E-state index >= 15 is 0 Å². The standard InChI is InChI=1S/C21H29N3O2S/c1-17-16-27-20(23-17)14-24-10-6-21(7-11-24)19(5-13-26-21)4-12-25-15-18-2-8-22-9-3-18/h2-3,8-9,16,19H,4-7,10-15H2,1H3/t19-/m1/s1. The van der Waals surface area contributed by atoms with Crippen LogP contribution in [0.4, 0.5) is 0 Å². The summed E-state index contributed by atoms with van der Waals surface area (Å²) in [6, 6.07) is 4.03. The molecule has 2 aliphatic heterocycles. The van der Waals surface area contributed by atoms with Gasteiger partial charge >= 0.3 is 0 Å². The van der Waals surface area contributed by atoms with E-state index in [1.165, 1.54) is 17.0 Å². The predicted molar refractivity (Wildman–Crippen MR) is 107 cm³/mol. The number of rotatable bonds is 7. The maximum absolute atomic E-state index is 6.31. The van der Waals surface area contributed by atoms with Gasteiger partial charge in [0.1, 0.15) is 5.01 Å². The van der Waals surface area contributed by atoms with Gasteiger partial charge in [0.25, 0.3) is 0 Å². The maximum Gasteiger partial charge on any atom is 0.107 e. The van der Waals surface area contributed by atoms with Gasteiger partial charge in [-0.15, -0.1) is 11.3 Å². The van der Waals surface area contributed by atoms with Crippen LogP contribution in [-0.4, -0.2) is 46.8 Å². The lowest BCUT2D eigenvalue weighted by molar-refractivity contribution is -0.0733. The first-order chi connectivity index (χ1) is 13.2. The third kappa shape index (κ3) is 4.74. The first-order valence-electron chi connectivity index (χ1n) is 9.97. The average molecular weight is 388 g/mol. The molecule has 0 bridgehead atoms. The summed E-state index contributed by atoms with van der Waals surface area (Å²) in [5.74, 6) is 0.624. The van der Waals surface area contributed by atoms with Crippen LogP contribution in [0.15, 0.2) is 29.9 Å². The van der Waals surface area contributed by atoms with Gasteiger partial charge in [-0.05, 0) is 56.2 Å². The SMILES string of the molecule is Cc1csc(CN2CCC3(CC2)OCC[C@H]3CCOCc2ccncc2)n1. The summed E-state index contributed by atoms with van der Waals surface area (Å²) in [7, 11) is 0. The van der Waals surface area contributed by atoms with Crippen molar-refractivity contribution >= 4 is 11.3 Å². The van der Waals surface area contributed by atoms with Crippen molar-refractivity contribution in [1.29, 1.82) is 0 Å². The van der Waals surface area contributed by atoms with E-state index in [4.69, 9.17) is 9.47 Å². The quantitative estimate of drug-likeness (QED) is 0.676. The van der Waals surface area contributed by atoms with Gasteiger partial charge in [0.05, 0.1) is 18.8 Å². The molecule has 2 fully saturated rings. The van der Waals surface area contributed by atoms with E-state index in [0.717, 1.165) is 57.8 Å². The minimum absolute atomic E-state index is 0.0787. The molecule has 6 heteroatoms. The Labute approximate surface area is 165 Å². The summed E-state index contributed by atoms with van der Waals surface area (Å²) in [6.07, 6.45) is 8.17. The lowest BCUT2D eigenvalue weighted by atomic mass is 9.78. The maximum atomic E-state index is 6.31. The van der Waals surface area contributed by atoms with Gasteiger partial charge in [0, 0.05) is 49.8 Å². The summed E-state index contributed by atoms with van der Waals surface area (Å²) in [4.78, 5) is 11.2. The Kier molecular flexibility index (Phi) is 6.18. The largest absolute Gasteiger partial charge is 0.377 e. The second-order valence-corrected chi connectivity index (χ2v) is 8.70. The third-order valence-electron chi connectivity index (χ3n) is 5.96. The van der Waals surface area contributed by atoms with Crippen molar-refractivity contribution in [3.63, 3.8) is 0 Å². The number of aryl methyl sites for hydroxylation is 1. The van der Waals surface area contributed by atoms with Crippen molar-refractivity contribution in [3.8, 4) is 0 Å². The van der Waals surface area contributed by atoms with Gasteiger partial charge in [-0.2, -0.15) is 0 Å². The molecule has 2 aromatic rings. The number of likely N-dealkylation sites (tertiary alicyclic amines) is 1. The van der Waals surface area contributed by atoms with Crippen molar-refractivity contribution in [2.24, 2.45) is 5.92 Å². The molecule has 1 spiro atoms. The monoisotopic (exact) mass is 387 g/mol. The highest BCUT2D eigenvalue weighted by Gasteiger charge is 2.45. The second-order valence-electron chi connectivity index (χ2n) is 7.75. The topological polar surface area (TPSA) is 47.5 Å². The summed E-state index contributed by atoms with van der Waals surface area (Å²) in [5.41, 5.74) is 2.40. The Balaban J connectivity index is 1.23. The van der Waals surface area contributed by atoms with E-state index in [1.54, 1.807) is 11.3 Å². The number of nitrogens with zero attached hydrogens (tertiary/aromatic N) is 3. The van der Waals surface area contributed by atoms with Gasteiger partial charge < -0.3 is 9.47 Å². The molecule has 0 amide bonds. The lowest BCUT2D eigenvalue weighted by Crippen LogP contribution is -2.47. The zero-order valence-electron chi connectivity index (χ0n) is 16.1. The van der Waals surface area contributed by atoms with Crippen LogP contribution in [-0.2, 0) is 22.6 Å². The molecule has 0 aromatic carbocycles. The smallest absolute Gasteiger partial charge is 0.107 e. The molecule has 1 atom stereocenters. The first-order valence-corrected chi connectivity index (χ1v) is 10.9. The van der Waals surface area contributed by atoms with E-state index in [-0.39, 0.29) is 5.60 Å². The highest BCUT2D eigenvalue weighted by Crippen LogP contribution is 2.42. The Bertz CT molecular complexity index is 713. The molecule has 0 N–H and O–H groups in total. The van der Waals surface area contributed by atoms with Crippen LogP contribution in [0.2, 0.25) is 0 Å². The van der Waals surface area contributed by atoms with Crippen molar-refractivity contribution in [2.45, 2.75) is 51.4 Å². The molecule has 4 heterocycles. The van der Waals surface area contributed by atoms with Gasteiger partial charge in [-0.1, -0.05) is 0 Å². The zero-order valence-corrected chi connectivity index (χ0v) is 16.9. The highest BCUT2D eigenvalue weighted by molar-refractivity contribution is 7.09. The van der Waals surface area contributed by atoms with E-state index < -0.39 is 0 Å². The van der Waals surface area contributed by atoms with E-state index in [0.29, 0.717) is 12.5 Å². The van der Waals surface area contributed by atoms with Gasteiger partial charge in [-0.25, -0.2) is 4.98 Å². The van der Waals surface area contributed by atoms with Crippen LogP contribution in [0.25, 0.3) is 0 Å². The van der Waals surface area contributed by atoms with Crippen LogP contribution in [0.5, 0.6) is 0 Å². The molecule has 2 aliphatic rings. The van der Waals surface area contributed by atoms with E-state index in [2.05, 4.69) is 27.2 Å². The number of hydrogen-bond donors (Lipinski definition) is 0. The number of pyridine rings is 1. The number of ether oxygens (including phenoxy) is 2. The minimum Gasteiger partial charge on any atom is -0.377 e. The molecule has 0 unspecified atom stereocenters. The molecular formula is C21H29N3O2S. The van der Waals surface area contributed by atoms with Gasteiger partial charge in [-0.3, -0.25) is 9.88 Å². The second kappa shape index (κ2) is 8.78. The van der Waals surface area contributed by atoms with Crippen LogP contribution >= 0.6 is 11.3 Å². The van der Waals surface area contributed by atoms with Gasteiger partial charge in [0.2, 0.25) is 0 Å². The number of piperidine rings is 1. The fourth-order valence-electron chi connectivity index (χ4n) is 4.40. The molecule has 0 radical (unpaired) electrons. The van der Waals surface area contributed by atoms with Crippen molar-refractivity contribution in [3.05, 3.63) is 46.2 Å². The van der Waals surface area contributed by atoms with Crippen LogP contribution in [0.1, 0.15) is 41.9 Å². The van der Waals surface area contributed by atoms with Crippen LogP contribution in [0.3, 0.4) is 0 Å². The molecule has 2 aromatic heterocycles. The first kappa shape index (κ1) is 19.0. The predicted octanol–water partition coefficient (Wildman–Crippen LogP) is 3.82. The Morgan fingerprint density at radius 3 is 2.85 bits per heavy atom. The van der Waals surface area contributed by atoms with Crippen molar-refractivity contribution in [1.82, 2.24) is 14.9 Å². The number of thiazole rings is 1. The zero-order chi connectivity index (χ0) is 18.5. The fraction of sp³-hybridized carbons (Fsp3) is 0.619.